The van der Waals surface area contributed by atoms with Crippen molar-refractivity contribution in [2.45, 2.75) is 38.0 Å². The Bertz CT molecular complexity index is 933. The molecule has 188 valence electrons. The summed E-state index contributed by atoms with van der Waals surface area (Å²) in [7, 11) is 4.95. The minimum absolute atomic E-state index is 0. The van der Waals surface area contributed by atoms with E-state index in [0.717, 1.165) is 68.7 Å². The van der Waals surface area contributed by atoms with Gasteiger partial charge in [0.1, 0.15) is 12.0 Å². The smallest absolute Gasteiger partial charge is 0.160 e. The molecule has 0 aromatic heterocycles. The lowest BCUT2D eigenvalue weighted by atomic mass is 9.78. The van der Waals surface area contributed by atoms with Crippen LogP contribution in [0.3, 0.4) is 0 Å². The Morgan fingerprint density at radius 2 is 1.74 bits per heavy atom. The van der Waals surface area contributed by atoms with Crippen molar-refractivity contribution in [3.63, 3.8) is 0 Å². The van der Waals surface area contributed by atoms with Gasteiger partial charge in [-0.2, -0.15) is 0 Å². The molecule has 34 heavy (non-hydrogen) atoms. The Labute approximate surface area is 214 Å². The lowest BCUT2D eigenvalue weighted by molar-refractivity contribution is -0.108. The van der Waals surface area contributed by atoms with Crippen molar-refractivity contribution < 1.29 is 19.0 Å². The molecule has 2 aromatic rings. The molecule has 1 atom stereocenters. The van der Waals surface area contributed by atoms with Crippen LogP contribution in [0.25, 0.3) is 0 Å². The number of rotatable bonds is 11. The Hall–Kier alpha value is -2.15. The fourth-order valence-corrected chi connectivity index (χ4v) is 5.02. The Morgan fingerprint density at radius 3 is 2.35 bits per heavy atom. The molecule has 1 fully saturated rings. The number of likely N-dealkylation sites (tertiary alicyclic amines) is 1. The third-order valence-electron chi connectivity index (χ3n) is 6.69. The molecule has 1 aliphatic rings. The third-order valence-corrected chi connectivity index (χ3v) is 7.02. The highest BCUT2D eigenvalue weighted by atomic mass is 35.5. The fraction of sp³-hybridized carbons (Fsp3) is 0.500. The first kappa shape index (κ1) is 28.1. The molecule has 0 radical (unpaired) electrons. The lowest BCUT2D eigenvalue weighted by Crippen LogP contribution is -2.36. The first-order valence-electron chi connectivity index (χ1n) is 11.5. The number of hydrogen-bond acceptors (Lipinski definition) is 6. The largest absolute Gasteiger partial charge is 0.496 e. The minimum atomic E-state index is 0. The van der Waals surface area contributed by atoms with Gasteiger partial charge in [0.25, 0.3) is 0 Å². The van der Waals surface area contributed by atoms with Crippen molar-refractivity contribution in [2.24, 2.45) is 5.92 Å². The first-order valence-corrected chi connectivity index (χ1v) is 11.9. The molecular formula is C26H36Cl2N2O4. The van der Waals surface area contributed by atoms with Crippen molar-refractivity contribution in [3.8, 4) is 17.2 Å². The number of nitrogens with two attached hydrogens (primary N) is 1. The van der Waals surface area contributed by atoms with Gasteiger partial charge in [-0.05, 0) is 86.5 Å². The minimum Gasteiger partial charge on any atom is -0.496 e. The van der Waals surface area contributed by atoms with Crippen LogP contribution in [-0.2, 0) is 11.2 Å². The quantitative estimate of drug-likeness (QED) is 0.322. The maximum Gasteiger partial charge on any atom is 0.160 e. The highest BCUT2D eigenvalue weighted by Gasteiger charge is 2.29. The van der Waals surface area contributed by atoms with E-state index in [1.54, 1.807) is 27.4 Å². The molecule has 0 bridgehead atoms. The fourth-order valence-electron chi connectivity index (χ4n) is 4.85. The van der Waals surface area contributed by atoms with Crippen LogP contribution in [0.2, 0.25) is 5.02 Å². The predicted octanol–water partition coefficient (Wildman–Crippen LogP) is 5.39. The summed E-state index contributed by atoms with van der Waals surface area (Å²) in [6.07, 6.45) is 5.62. The topological polar surface area (TPSA) is 74.0 Å². The monoisotopic (exact) mass is 510 g/mol. The normalized spacial score (nSPS) is 15.3. The number of halogens is 2. The average molecular weight is 511 g/mol. The summed E-state index contributed by atoms with van der Waals surface area (Å²) in [6, 6.07) is 9.76. The Kier molecular flexibility index (Phi) is 11.3. The zero-order valence-electron chi connectivity index (χ0n) is 20.2. The van der Waals surface area contributed by atoms with Crippen molar-refractivity contribution >= 4 is 36.0 Å². The number of methoxy groups -OCH3 is 3. The van der Waals surface area contributed by atoms with E-state index in [2.05, 4.69) is 17.0 Å². The number of nitrogen functional groups attached to an aromatic ring is 1. The van der Waals surface area contributed by atoms with Gasteiger partial charge < -0.3 is 29.6 Å². The zero-order valence-corrected chi connectivity index (χ0v) is 21.8. The number of hydrogen-bond donors (Lipinski definition) is 1. The van der Waals surface area contributed by atoms with Gasteiger partial charge in [-0.25, -0.2) is 0 Å². The number of carbonyl (C=O) groups is 1. The Balaban J connectivity index is 0.00000408. The first-order chi connectivity index (χ1) is 16.0. The summed E-state index contributed by atoms with van der Waals surface area (Å²) in [5, 5.41) is 0.509. The molecule has 1 saturated heterocycles. The summed E-state index contributed by atoms with van der Waals surface area (Å²) in [5.74, 6) is 2.74. The molecule has 0 spiro atoms. The molecule has 3 rings (SSSR count). The average Bonchev–Trinajstić information content (AvgIpc) is 2.84. The molecular weight excluding hydrogens is 475 g/mol. The van der Waals surface area contributed by atoms with Crippen LogP contribution in [0.15, 0.2) is 30.3 Å². The standard InChI is InChI=1S/C26H35ClN2O4.ClH/c1-31-24-7-6-18(15-26(24)33-3)5-4-11-29-12-8-19(9-13-29)20(10-14-30)21-16-22(27)23(28)17-25(21)32-2;/h6-7,14-17,19-20H,4-5,8-13,28H2,1-3H3;1H. The Morgan fingerprint density at radius 1 is 1.06 bits per heavy atom. The van der Waals surface area contributed by atoms with Crippen LogP contribution in [0.5, 0.6) is 17.2 Å². The summed E-state index contributed by atoms with van der Waals surface area (Å²) in [5.41, 5.74) is 8.68. The maximum atomic E-state index is 11.5. The van der Waals surface area contributed by atoms with Crippen molar-refractivity contribution in [3.05, 3.63) is 46.5 Å². The lowest BCUT2D eigenvalue weighted by Gasteiger charge is -2.36. The number of aldehydes is 1. The van der Waals surface area contributed by atoms with E-state index in [1.807, 2.05) is 12.1 Å². The molecule has 8 heteroatoms. The van der Waals surface area contributed by atoms with E-state index in [1.165, 1.54) is 5.56 Å². The highest BCUT2D eigenvalue weighted by Crippen LogP contribution is 2.41. The summed E-state index contributed by atoms with van der Waals surface area (Å²) in [6.45, 7) is 3.10. The van der Waals surface area contributed by atoms with Gasteiger partial charge in [0, 0.05) is 12.5 Å². The number of piperidine rings is 1. The van der Waals surface area contributed by atoms with Gasteiger partial charge in [-0.1, -0.05) is 17.7 Å². The summed E-state index contributed by atoms with van der Waals surface area (Å²) in [4.78, 5) is 14.0. The molecule has 1 unspecified atom stereocenters. The van der Waals surface area contributed by atoms with Crippen molar-refractivity contribution in [1.82, 2.24) is 4.90 Å². The summed E-state index contributed by atoms with van der Waals surface area (Å²) < 4.78 is 16.3. The number of aryl methyl sites for hydroxylation is 1. The van der Waals surface area contributed by atoms with Gasteiger partial charge in [-0.15, -0.1) is 12.4 Å². The third kappa shape index (κ3) is 6.94. The molecule has 0 amide bonds. The van der Waals surface area contributed by atoms with Crippen LogP contribution >= 0.6 is 24.0 Å². The summed E-state index contributed by atoms with van der Waals surface area (Å²) >= 11 is 6.30. The second-order valence-electron chi connectivity index (χ2n) is 8.60. The van der Waals surface area contributed by atoms with Crippen LogP contribution in [-0.4, -0.2) is 52.1 Å². The van der Waals surface area contributed by atoms with Crippen LogP contribution in [0.4, 0.5) is 5.69 Å². The zero-order chi connectivity index (χ0) is 23.8. The SMILES string of the molecule is COc1ccc(CCCN2CCC(C(CC=O)c3cc(Cl)c(N)cc3OC)CC2)cc1OC.Cl. The van der Waals surface area contributed by atoms with E-state index in [-0.39, 0.29) is 18.3 Å². The van der Waals surface area contributed by atoms with Crippen LogP contribution in [0, 0.1) is 5.92 Å². The van der Waals surface area contributed by atoms with Gasteiger partial charge in [0.05, 0.1) is 32.0 Å². The molecule has 2 N–H and O–H groups in total. The number of nitrogens with zero attached hydrogens (tertiary/aromatic N) is 1. The van der Waals surface area contributed by atoms with Crippen molar-refractivity contribution in [2.75, 3.05) is 46.7 Å². The van der Waals surface area contributed by atoms with E-state index in [0.29, 0.717) is 28.8 Å². The molecule has 1 aliphatic heterocycles. The second-order valence-corrected chi connectivity index (χ2v) is 9.00. The predicted molar refractivity (Wildman–Crippen MR) is 140 cm³/mol. The number of ether oxygens (including phenoxy) is 3. The van der Waals surface area contributed by atoms with Crippen LogP contribution < -0.4 is 19.9 Å². The van der Waals surface area contributed by atoms with Gasteiger partial charge in [0.2, 0.25) is 0 Å². The second kappa shape index (κ2) is 13.7. The van der Waals surface area contributed by atoms with E-state index < -0.39 is 0 Å². The van der Waals surface area contributed by atoms with Gasteiger partial charge in [0.15, 0.2) is 11.5 Å². The molecule has 6 nitrogen and oxygen atoms in total. The number of carbonyl (C=O) groups excluding carboxylic acids is 1. The number of benzene rings is 2. The van der Waals surface area contributed by atoms with E-state index >= 15 is 0 Å². The van der Waals surface area contributed by atoms with Gasteiger partial charge in [-0.3, -0.25) is 0 Å². The molecule has 2 aromatic carbocycles. The van der Waals surface area contributed by atoms with Gasteiger partial charge >= 0.3 is 0 Å². The van der Waals surface area contributed by atoms with E-state index in [9.17, 15) is 4.79 Å². The highest BCUT2D eigenvalue weighted by molar-refractivity contribution is 6.33. The molecule has 1 heterocycles. The van der Waals surface area contributed by atoms with E-state index in [4.69, 9.17) is 31.5 Å². The maximum absolute atomic E-state index is 11.5. The van der Waals surface area contributed by atoms with Crippen LogP contribution in [0.1, 0.15) is 42.7 Å². The van der Waals surface area contributed by atoms with Crippen molar-refractivity contribution in [1.29, 1.82) is 0 Å². The number of anilines is 1. The molecule has 0 aliphatic carbocycles. The molecule has 0 saturated carbocycles.